The van der Waals surface area contributed by atoms with E-state index in [9.17, 15) is 0 Å². The quantitative estimate of drug-likeness (QED) is 0.375. The Hall–Kier alpha value is -0.0400. The molecule has 0 saturated carbocycles. The summed E-state index contributed by atoms with van der Waals surface area (Å²) in [6.45, 7) is 12.9. The van der Waals surface area contributed by atoms with Crippen LogP contribution in [0, 0.1) is 11.8 Å². The summed E-state index contributed by atoms with van der Waals surface area (Å²) in [4.78, 5) is 0. The molecule has 0 amide bonds. The molecule has 0 aliphatic carbocycles. The summed E-state index contributed by atoms with van der Waals surface area (Å²) in [6.07, 6.45) is 14.0. The van der Waals surface area contributed by atoms with Crippen LogP contribution >= 0.6 is 0 Å². The van der Waals surface area contributed by atoms with Gasteiger partial charge in [-0.25, -0.2) is 0 Å². The summed E-state index contributed by atoms with van der Waals surface area (Å²) in [7, 11) is 0. The van der Waals surface area contributed by atoms with Gasteiger partial charge in [-0.05, 0) is 37.6 Å². The highest BCUT2D eigenvalue weighted by Gasteiger charge is 2.11. The van der Waals surface area contributed by atoms with Gasteiger partial charge in [-0.2, -0.15) is 0 Å². The zero-order chi connectivity index (χ0) is 15.2. The van der Waals surface area contributed by atoms with Crippen molar-refractivity contribution in [3.8, 4) is 0 Å². The Labute approximate surface area is 129 Å². The van der Waals surface area contributed by atoms with Crippen LogP contribution in [0.25, 0.3) is 0 Å². The lowest BCUT2D eigenvalue weighted by Gasteiger charge is -2.22. The summed E-state index contributed by atoms with van der Waals surface area (Å²) in [5, 5.41) is 3.79. The molecule has 20 heavy (non-hydrogen) atoms. The summed E-state index contributed by atoms with van der Waals surface area (Å²) in [5.74, 6) is 1.62. The maximum atomic E-state index is 3.79. The van der Waals surface area contributed by atoms with Gasteiger partial charge in [0, 0.05) is 6.04 Å². The molecule has 0 heterocycles. The molecule has 0 aromatic heterocycles. The van der Waals surface area contributed by atoms with Gasteiger partial charge in [0.15, 0.2) is 0 Å². The monoisotopic (exact) mass is 283 g/mol. The highest BCUT2D eigenvalue weighted by Crippen LogP contribution is 2.14. The van der Waals surface area contributed by atoms with Crippen LogP contribution in [0.4, 0.5) is 0 Å². The third-order valence-corrected chi connectivity index (χ3v) is 3.98. The zero-order valence-corrected chi connectivity index (χ0v) is 15.0. The molecule has 0 spiro atoms. The molecule has 0 bridgehead atoms. The molecule has 0 aromatic carbocycles. The van der Waals surface area contributed by atoms with E-state index in [1.807, 2.05) is 0 Å². The summed E-state index contributed by atoms with van der Waals surface area (Å²) in [6, 6.07) is 0.736. The van der Waals surface area contributed by atoms with Crippen LogP contribution < -0.4 is 5.32 Å². The molecule has 0 fully saturated rings. The first-order chi connectivity index (χ1) is 9.56. The van der Waals surface area contributed by atoms with E-state index in [-0.39, 0.29) is 0 Å². The van der Waals surface area contributed by atoms with Gasteiger partial charge in [-0.3, -0.25) is 0 Å². The van der Waals surface area contributed by atoms with Gasteiger partial charge in [0.05, 0.1) is 0 Å². The SMILES string of the molecule is CCCCCCCCCCNC(CC(C)C)CC(C)C. The van der Waals surface area contributed by atoms with E-state index in [4.69, 9.17) is 0 Å². The summed E-state index contributed by atoms with van der Waals surface area (Å²) < 4.78 is 0. The number of nitrogens with one attached hydrogen (secondary N) is 1. The normalized spacial score (nSPS) is 12.0. The average Bonchev–Trinajstić information content (AvgIpc) is 2.35. The molecule has 0 atom stereocenters. The van der Waals surface area contributed by atoms with Gasteiger partial charge in [0.25, 0.3) is 0 Å². The van der Waals surface area contributed by atoms with Gasteiger partial charge < -0.3 is 5.32 Å². The summed E-state index contributed by atoms with van der Waals surface area (Å²) in [5.41, 5.74) is 0. The number of rotatable bonds is 14. The van der Waals surface area contributed by atoms with Crippen LogP contribution in [0.2, 0.25) is 0 Å². The Morgan fingerprint density at radius 1 is 0.650 bits per heavy atom. The Kier molecular flexibility index (Phi) is 13.9. The Morgan fingerprint density at radius 3 is 1.55 bits per heavy atom. The molecule has 0 radical (unpaired) electrons. The second-order valence-corrected chi connectivity index (χ2v) is 7.39. The fraction of sp³-hybridized carbons (Fsp3) is 1.00. The minimum atomic E-state index is 0.736. The van der Waals surface area contributed by atoms with E-state index < -0.39 is 0 Å². The van der Waals surface area contributed by atoms with Gasteiger partial charge in [0.2, 0.25) is 0 Å². The van der Waals surface area contributed by atoms with Gasteiger partial charge in [-0.1, -0.05) is 79.6 Å². The topological polar surface area (TPSA) is 12.0 Å². The fourth-order valence-corrected chi connectivity index (χ4v) is 2.97. The molecule has 0 aliphatic heterocycles. The summed E-state index contributed by atoms with van der Waals surface area (Å²) >= 11 is 0. The second kappa shape index (κ2) is 13.9. The first kappa shape index (κ1) is 20.0. The second-order valence-electron chi connectivity index (χ2n) is 7.39. The maximum absolute atomic E-state index is 3.79. The van der Waals surface area contributed by atoms with Gasteiger partial charge >= 0.3 is 0 Å². The lowest BCUT2D eigenvalue weighted by molar-refractivity contribution is 0.356. The van der Waals surface area contributed by atoms with Crippen molar-refractivity contribution < 1.29 is 0 Å². The molecule has 0 rings (SSSR count). The van der Waals surface area contributed by atoms with Crippen LogP contribution in [-0.4, -0.2) is 12.6 Å². The number of unbranched alkanes of at least 4 members (excludes halogenated alkanes) is 7. The van der Waals surface area contributed by atoms with E-state index in [0.29, 0.717) is 0 Å². The van der Waals surface area contributed by atoms with Crippen LogP contribution in [0.15, 0.2) is 0 Å². The number of hydrogen-bond acceptors (Lipinski definition) is 1. The van der Waals surface area contributed by atoms with Gasteiger partial charge in [-0.15, -0.1) is 0 Å². The Bertz CT molecular complexity index is 176. The molecule has 122 valence electrons. The van der Waals surface area contributed by atoms with E-state index in [2.05, 4.69) is 39.9 Å². The van der Waals surface area contributed by atoms with Crippen molar-refractivity contribution in [2.75, 3.05) is 6.54 Å². The molecule has 0 aliphatic rings. The first-order valence-corrected chi connectivity index (χ1v) is 9.29. The number of hydrogen-bond donors (Lipinski definition) is 1. The van der Waals surface area contributed by atoms with E-state index in [0.717, 1.165) is 17.9 Å². The van der Waals surface area contributed by atoms with E-state index >= 15 is 0 Å². The van der Waals surface area contributed by atoms with Crippen LogP contribution in [0.3, 0.4) is 0 Å². The van der Waals surface area contributed by atoms with Crippen molar-refractivity contribution >= 4 is 0 Å². The molecule has 1 N–H and O–H groups in total. The first-order valence-electron chi connectivity index (χ1n) is 9.29. The molecular weight excluding hydrogens is 242 g/mol. The molecule has 0 unspecified atom stereocenters. The van der Waals surface area contributed by atoms with Crippen molar-refractivity contribution in [1.29, 1.82) is 0 Å². The highest BCUT2D eigenvalue weighted by molar-refractivity contribution is 4.70. The third kappa shape index (κ3) is 14.4. The molecule has 1 nitrogen and oxygen atoms in total. The van der Waals surface area contributed by atoms with Crippen LogP contribution in [0.5, 0.6) is 0 Å². The van der Waals surface area contributed by atoms with Gasteiger partial charge in [0.1, 0.15) is 0 Å². The van der Waals surface area contributed by atoms with E-state index in [1.54, 1.807) is 0 Å². The standard InChI is InChI=1S/C19H41N/c1-6-7-8-9-10-11-12-13-14-20-19(15-17(2)3)16-18(4)5/h17-20H,6-16H2,1-5H3. The highest BCUT2D eigenvalue weighted by atomic mass is 14.9. The van der Waals surface area contributed by atoms with Crippen molar-refractivity contribution in [2.24, 2.45) is 11.8 Å². The molecule has 0 saturated heterocycles. The lowest BCUT2D eigenvalue weighted by atomic mass is 9.95. The molecule has 0 aromatic rings. The Balaban J connectivity index is 3.48. The predicted octanol–water partition coefficient (Wildman–Crippen LogP) is 6.18. The van der Waals surface area contributed by atoms with E-state index in [1.165, 1.54) is 70.8 Å². The smallest absolute Gasteiger partial charge is 0.00719 e. The maximum Gasteiger partial charge on any atom is 0.00719 e. The van der Waals surface area contributed by atoms with Crippen molar-refractivity contribution in [1.82, 2.24) is 5.32 Å². The predicted molar refractivity (Wildman–Crippen MR) is 93.3 cm³/mol. The molecular formula is C19H41N. The zero-order valence-electron chi connectivity index (χ0n) is 15.0. The van der Waals surface area contributed by atoms with Crippen molar-refractivity contribution in [3.05, 3.63) is 0 Å². The van der Waals surface area contributed by atoms with Crippen molar-refractivity contribution in [3.63, 3.8) is 0 Å². The minimum Gasteiger partial charge on any atom is -0.314 e. The Morgan fingerprint density at radius 2 is 1.10 bits per heavy atom. The minimum absolute atomic E-state index is 0.736. The molecule has 1 heteroatoms. The largest absolute Gasteiger partial charge is 0.314 e. The van der Waals surface area contributed by atoms with Crippen LogP contribution in [0.1, 0.15) is 98.8 Å². The van der Waals surface area contributed by atoms with Crippen LogP contribution in [-0.2, 0) is 0 Å². The third-order valence-electron chi connectivity index (χ3n) is 3.98. The fourth-order valence-electron chi connectivity index (χ4n) is 2.97. The average molecular weight is 284 g/mol. The van der Waals surface area contributed by atoms with Crippen molar-refractivity contribution in [2.45, 2.75) is 105 Å². The lowest BCUT2D eigenvalue weighted by Crippen LogP contribution is -2.32.